The lowest BCUT2D eigenvalue weighted by Gasteiger charge is -2.28. The predicted molar refractivity (Wildman–Crippen MR) is 199 cm³/mol. The second-order valence-electron chi connectivity index (χ2n) is 13.3. The largest absolute Gasteiger partial charge is 0.455 e. The van der Waals surface area contributed by atoms with Gasteiger partial charge in [0.05, 0.1) is 5.69 Å². The van der Waals surface area contributed by atoms with E-state index in [2.05, 4.69) is 146 Å². The van der Waals surface area contributed by atoms with Gasteiger partial charge in [0.1, 0.15) is 16.7 Å². The van der Waals surface area contributed by atoms with E-state index in [1.807, 2.05) is 24.3 Å². The van der Waals surface area contributed by atoms with Crippen molar-refractivity contribution in [1.29, 1.82) is 0 Å². The molecule has 0 saturated carbocycles. The number of fused-ring (bicyclic) bond motifs is 9. The second kappa shape index (κ2) is 9.97. The zero-order valence-corrected chi connectivity index (χ0v) is 26.7. The van der Waals surface area contributed by atoms with Gasteiger partial charge in [-0.1, -0.05) is 123 Å². The van der Waals surface area contributed by atoms with Gasteiger partial charge in [-0.25, -0.2) is 0 Å². The van der Waals surface area contributed by atoms with Gasteiger partial charge in [-0.15, -0.1) is 0 Å². The van der Waals surface area contributed by atoms with Gasteiger partial charge < -0.3 is 13.7 Å². The van der Waals surface area contributed by atoms with E-state index in [0.717, 1.165) is 72.1 Å². The second-order valence-corrected chi connectivity index (χ2v) is 13.3. The number of benzene rings is 7. The first-order valence-electron chi connectivity index (χ1n) is 16.5. The molecule has 1 aliphatic rings. The molecular formula is C45H31NO2. The average Bonchev–Trinajstić information content (AvgIpc) is 3.77. The lowest BCUT2D eigenvalue weighted by atomic mass is 9.82. The van der Waals surface area contributed by atoms with Crippen molar-refractivity contribution >= 4 is 60.9 Å². The Morgan fingerprint density at radius 3 is 1.77 bits per heavy atom. The van der Waals surface area contributed by atoms with Crippen molar-refractivity contribution in [3.63, 3.8) is 0 Å². The Hall–Kier alpha value is -6.06. The van der Waals surface area contributed by atoms with Crippen molar-refractivity contribution in [2.75, 3.05) is 4.90 Å². The fourth-order valence-electron chi connectivity index (χ4n) is 7.93. The van der Waals surface area contributed by atoms with E-state index < -0.39 is 0 Å². The summed E-state index contributed by atoms with van der Waals surface area (Å²) in [6, 6.07) is 54.0. The van der Waals surface area contributed by atoms with Crippen molar-refractivity contribution in [2.45, 2.75) is 19.3 Å². The van der Waals surface area contributed by atoms with Crippen LogP contribution < -0.4 is 4.90 Å². The minimum atomic E-state index is -0.117. The Morgan fingerprint density at radius 1 is 0.438 bits per heavy atom. The molecule has 10 rings (SSSR count). The zero-order chi connectivity index (χ0) is 32.0. The maximum atomic E-state index is 6.61. The van der Waals surface area contributed by atoms with E-state index in [1.54, 1.807) is 0 Å². The molecule has 3 heteroatoms. The Kier molecular flexibility index (Phi) is 5.63. The van der Waals surface area contributed by atoms with Gasteiger partial charge >= 0.3 is 0 Å². The van der Waals surface area contributed by atoms with Crippen molar-refractivity contribution in [1.82, 2.24) is 0 Å². The first-order valence-corrected chi connectivity index (χ1v) is 16.5. The maximum absolute atomic E-state index is 6.61. The van der Waals surface area contributed by atoms with E-state index in [0.29, 0.717) is 0 Å². The van der Waals surface area contributed by atoms with E-state index in [9.17, 15) is 0 Å². The highest BCUT2D eigenvalue weighted by atomic mass is 16.3. The van der Waals surface area contributed by atoms with Crippen LogP contribution in [0.25, 0.3) is 66.1 Å². The molecule has 7 aromatic carbocycles. The number of nitrogens with zero attached hydrogens (tertiary/aromatic N) is 1. The summed E-state index contributed by atoms with van der Waals surface area (Å²) in [5, 5.41) is 4.49. The fourth-order valence-corrected chi connectivity index (χ4v) is 7.93. The number of furan rings is 2. The Morgan fingerprint density at radius 2 is 1.00 bits per heavy atom. The highest BCUT2D eigenvalue weighted by Crippen LogP contribution is 2.51. The molecule has 0 fully saturated rings. The summed E-state index contributed by atoms with van der Waals surface area (Å²) >= 11 is 0. The minimum Gasteiger partial charge on any atom is -0.455 e. The van der Waals surface area contributed by atoms with Gasteiger partial charge in [0, 0.05) is 43.9 Å². The molecule has 48 heavy (non-hydrogen) atoms. The van der Waals surface area contributed by atoms with Crippen molar-refractivity contribution in [3.8, 4) is 22.3 Å². The summed E-state index contributed by atoms with van der Waals surface area (Å²) in [5.41, 5.74) is 14.1. The highest BCUT2D eigenvalue weighted by molar-refractivity contribution is 6.11. The average molecular weight is 618 g/mol. The molecular weight excluding hydrogens is 587 g/mol. The van der Waals surface area contributed by atoms with E-state index in [-0.39, 0.29) is 5.41 Å². The normalized spacial score (nSPS) is 13.4. The van der Waals surface area contributed by atoms with Crippen LogP contribution in [0.2, 0.25) is 0 Å². The van der Waals surface area contributed by atoms with Crippen LogP contribution in [-0.4, -0.2) is 0 Å². The lowest BCUT2D eigenvalue weighted by molar-refractivity contribution is 0.660. The molecule has 9 aromatic rings. The highest BCUT2D eigenvalue weighted by Gasteiger charge is 2.36. The maximum Gasteiger partial charge on any atom is 0.159 e. The van der Waals surface area contributed by atoms with Crippen LogP contribution in [-0.2, 0) is 5.41 Å². The van der Waals surface area contributed by atoms with Crippen LogP contribution >= 0.6 is 0 Å². The molecule has 3 nitrogen and oxygen atoms in total. The molecule has 1 aliphatic carbocycles. The molecule has 0 saturated heterocycles. The summed E-state index contributed by atoms with van der Waals surface area (Å²) in [7, 11) is 0. The molecule has 0 spiro atoms. The minimum absolute atomic E-state index is 0.117. The molecule has 2 aromatic heterocycles. The Balaban J connectivity index is 1.16. The van der Waals surface area contributed by atoms with Crippen LogP contribution in [0.3, 0.4) is 0 Å². The molecule has 2 heterocycles. The molecule has 0 amide bonds. The van der Waals surface area contributed by atoms with Crippen molar-refractivity contribution in [3.05, 3.63) is 163 Å². The molecule has 0 atom stereocenters. The molecule has 228 valence electrons. The van der Waals surface area contributed by atoms with Crippen molar-refractivity contribution < 1.29 is 8.83 Å². The number of para-hydroxylation sites is 4. The molecule has 0 bridgehead atoms. The number of hydrogen-bond donors (Lipinski definition) is 0. The van der Waals surface area contributed by atoms with E-state index in [1.165, 1.54) is 22.3 Å². The summed E-state index contributed by atoms with van der Waals surface area (Å²) in [5.74, 6) is 0. The van der Waals surface area contributed by atoms with Gasteiger partial charge in [-0.2, -0.15) is 0 Å². The summed E-state index contributed by atoms with van der Waals surface area (Å²) in [6.45, 7) is 4.67. The van der Waals surface area contributed by atoms with Gasteiger partial charge in [-0.05, 0) is 70.3 Å². The van der Waals surface area contributed by atoms with E-state index >= 15 is 0 Å². The van der Waals surface area contributed by atoms with Gasteiger partial charge in [-0.3, -0.25) is 0 Å². The Labute approximate surface area is 278 Å². The predicted octanol–water partition coefficient (Wildman–Crippen LogP) is 12.9. The van der Waals surface area contributed by atoms with Gasteiger partial charge in [0.25, 0.3) is 0 Å². The molecule has 0 radical (unpaired) electrons. The van der Waals surface area contributed by atoms with Crippen LogP contribution in [0.1, 0.15) is 25.0 Å². The van der Waals surface area contributed by atoms with Crippen LogP contribution in [0.4, 0.5) is 17.1 Å². The summed E-state index contributed by atoms with van der Waals surface area (Å²) in [6.07, 6.45) is 0. The fraction of sp³-hybridized carbons (Fsp3) is 0.0667. The topological polar surface area (TPSA) is 29.5 Å². The Bertz CT molecular complexity index is 2710. The third kappa shape index (κ3) is 3.82. The van der Waals surface area contributed by atoms with Gasteiger partial charge in [0.15, 0.2) is 5.58 Å². The first-order chi connectivity index (χ1) is 23.6. The van der Waals surface area contributed by atoms with Gasteiger partial charge in [0.2, 0.25) is 0 Å². The summed E-state index contributed by atoms with van der Waals surface area (Å²) < 4.78 is 13.0. The first kappa shape index (κ1) is 27.1. The number of anilines is 3. The van der Waals surface area contributed by atoms with Crippen LogP contribution in [0.5, 0.6) is 0 Å². The smallest absolute Gasteiger partial charge is 0.159 e. The number of rotatable bonds is 4. The SMILES string of the molecule is CC1(C)c2ccccc2-c2ccc(N(c3ccc(-c4cccc5c4oc4ccccc45)cc3)c3cccc4c3oc3ccccc34)cc21. The summed E-state index contributed by atoms with van der Waals surface area (Å²) in [4.78, 5) is 2.34. The van der Waals surface area contributed by atoms with Crippen LogP contribution in [0, 0.1) is 0 Å². The third-order valence-corrected chi connectivity index (χ3v) is 10.3. The molecule has 0 aliphatic heterocycles. The van der Waals surface area contributed by atoms with Crippen LogP contribution in [0.15, 0.2) is 160 Å². The molecule has 0 unspecified atom stereocenters. The quantitative estimate of drug-likeness (QED) is 0.197. The lowest BCUT2D eigenvalue weighted by Crippen LogP contribution is -2.16. The van der Waals surface area contributed by atoms with E-state index in [4.69, 9.17) is 8.83 Å². The standard InChI is InChI=1S/C45H31NO2/c1-45(2)38-17-6-3-11-32(38)33-26-25-30(27-39(33)45)46(40-18-10-16-37-35-13-5-8-20-42(35)48-44(37)40)29-23-21-28(22-24-29)31-14-9-15-36-34-12-4-7-19-41(34)47-43(31)36/h3-27H,1-2H3. The van der Waals surface area contributed by atoms with Crippen molar-refractivity contribution in [2.24, 2.45) is 0 Å². The third-order valence-electron chi connectivity index (χ3n) is 10.3. The number of hydrogen-bond acceptors (Lipinski definition) is 3. The molecule has 0 N–H and O–H groups in total. The monoisotopic (exact) mass is 617 g/mol. The zero-order valence-electron chi connectivity index (χ0n) is 26.7.